The number of benzene rings is 1. The third-order valence-electron chi connectivity index (χ3n) is 4.25. The Balaban J connectivity index is 1.65. The SMILES string of the molecule is Cc1ccc(NCC(=O)NNC(=S)N[C@@H]2CCCC[C@H]2C)cc1. The molecule has 4 N–H and O–H groups in total. The van der Waals surface area contributed by atoms with Gasteiger partial charge in [0.1, 0.15) is 0 Å². The lowest BCUT2D eigenvalue weighted by atomic mass is 9.86. The third-order valence-corrected chi connectivity index (χ3v) is 4.47. The Morgan fingerprint density at radius 3 is 2.57 bits per heavy atom. The van der Waals surface area contributed by atoms with Gasteiger partial charge in [-0.15, -0.1) is 0 Å². The average Bonchev–Trinajstić information content (AvgIpc) is 2.54. The number of anilines is 1. The zero-order chi connectivity index (χ0) is 16.7. The summed E-state index contributed by atoms with van der Waals surface area (Å²) in [6, 6.07) is 8.30. The van der Waals surface area contributed by atoms with E-state index >= 15 is 0 Å². The minimum absolute atomic E-state index is 0.161. The molecule has 0 bridgehead atoms. The molecule has 0 radical (unpaired) electrons. The zero-order valence-corrected chi connectivity index (χ0v) is 14.6. The lowest BCUT2D eigenvalue weighted by Crippen LogP contribution is -2.52. The summed E-state index contributed by atoms with van der Waals surface area (Å²) in [6.07, 6.45) is 4.89. The lowest BCUT2D eigenvalue weighted by Gasteiger charge is -2.30. The average molecular weight is 334 g/mol. The third kappa shape index (κ3) is 6.06. The van der Waals surface area contributed by atoms with Crippen LogP contribution in [0.5, 0.6) is 0 Å². The molecule has 126 valence electrons. The van der Waals surface area contributed by atoms with Crippen molar-refractivity contribution in [3.8, 4) is 0 Å². The number of thiocarbonyl (C=S) groups is 1. The van der Waals surface area contributed by atoms with Gasteiger partial charge in [0.25, 0.3) is 5.91 Å². The highest BCUT2D eigenvalue weighted by molar-refractivity contribution is 7.80. The molecule has 1 aliphatic carbocycles. The second-order valence-corrected chi connectivity index (χ2v) is 6.64. The first kappa shape index (κ1) is 17.5. The van der Waals surface area contributed by atoms with E-state index in [9.17, 15) is 4.79 Å². The second kappa shape index (κ2) is 8.72. The largest absolute Gasteiger partial charge is 0.376 e. The maximum atomic E-state index is 11.8. The van der Waals surface area contributed by atoms with E-state index in [4.69, 9.17) is 12.2 Å². The highest BCUT2D eigenvalue weighted by atomic mass is 32.1. The quantitative estimate of drug-likeness (QED) is 0.503. The standard InChI is InChI=1S/C17H26N4OS/c1-12-7-9-14(10-8-12)18-11-16(22)20-21-17(23)19-15-6-4-3-5-13(15)2/h7-10,13,15,18H,3-6,11H2,1-2H3,(H,20,22)(H2,19,21,23)/t13-,15-/m1/s1. The van der Waals surface area contributed by atoms with E-state index in [0.717, 1.165) is 12.1 Å². The van der Waals surface area contributed by atoms with Crippen LogP contribution < -0.4 is 21.5 Å². The van der Waals surface area contributed by atoms with E-state index in [1.807, 2.05) is 31.2 Å². The fraction of sp³-hybridized carbons (Fsp3) is 0.529. The molecule has 6 heteroatoms. The van der Waals surface area contributed by atoms with Crippen LogP contribution in [0, 0.1) is 12.8 Å². The molecule has 23 heavy (non-hydrogen) atoms. The Hall–Kier alpha value is -1.82. The second-order valence-electron chi connectivity index (χ2n) is 6.23. The summed E-state index contributed by atoms with van der Waals surface area (Å²) in [6.45, 7) is 4.46. The van der Waals surface area contributed by atoms with Gasteiger partial charge in [0.2, 0.25) is 0 Å². The summed E-state index contributed by atoms with van der Waals surface area (Å²) < 4.78 is 0. The van der Waals surface area contributed by atoms with Crippen molar-refractivity contribution >= 4 is 28.9 Å². The van der Waals surface area contributed by atoms with E-state index in [1.54, 1.807) is 0 Å². The number of aryl methyl sites for hydroxylation is 1. The molecule has 1 aromatic carbocycles. The predicted octanol–water partition coefficient (Wildman–Crippen LogP) is 2.48. The van der Waals surface area contributed by atoms with E-state index in [2.05, 4.69) is 28.4 Å². The molecule has 5 nitrogen and oxygen atoms in total. The fourth-order valence-electron chi connectivity index (χ4n) is 2.76. The molecular weight excluding hydrogens is 308 g/mol. The van der Waals surface area contributed by atoms with Crippen LogP contribution in [0.15, 0.2) is 24.3 Å². The minimum Gasteiger partial charge on any atom is -0.376 e. The van der Waals surface area contributed by atoms with Crippen LogP contribution in [0.25, 0.3) is 0 Å². The summed E-state index contributed by atoms with van der Waals surface area (Å²) in [5, 5.41) is 6.84. The maximum Gasteiger partial charge on any atom is 0.257 e. The summed E-state index contributed by atoms with van der Waals surface area (Å²) in [7, 11) is 0. The Labute approximate surface area is 143 Å². The van der Waals surface area contributed by atoms with Gasteiger partial charge in [0.15, 0.2) is 5.11 Å². The number of amides is 1. The molecule has 2 rings (SSSR count). The van der Waals surface area contributed by atoms with Crippen LogP contribution in [0.2, 0.25) is 0 Å². The molecule has 0 heterocycles. The van der Waals surface area contributed by atoms with Crippen LogP contribution in [0.4, 0.5) is 5.69 Å². The van der Waals surface area contributed by atoms with Crippen LogP contribution in [-0.2, 0) is 4.79 Å². The molecule has 0 spiro atoms. The van der Waals surface area contributed by atoms with Gasteiger partial charge in [-0.1, -0.05) is 37.5 Å². The predicted molar refractivity (Wildman–Crippen MR) is 98.1 cm³/mol. The van der Waals surface area contributed by atoms with Crippen molar-refractivity contribution in [1.82, 2.24) is 16.2 Å². The highest BCUT2D eigenvalue weighted by Gasteiger charge is 2.21. The summed E-state index contributed by atoms with van der Waals surface area (Å²) in [5.74, 6) is 0.453. The van der Waals surface area contributed by atoms with E-state index in [-0.39, 0.29) is 12.5 Å². The Kier molecular flexibility index (Phi) is 6.65. The minimum atomic E-state index is -0.161. The summed E-state index contributed by atoms with van der Waals surface area (Å²) in [5.41, 5.74) is 7.50. The van der Waals surface area contributed by atoms with Gasteiger partial charge in [-0.2, -0.15) is 0 Å². The van der Waals surface area contributed by atoms with Crippen molar-refractivity contribution in [2.24, 2.45) is 5.92 Å². The number of hydrazine groups is 1. The first-order valence-corrected chi connectivity index (χ1v) is 8.61. The Morgan fingerprint density at radius 2 is 1.87 bits per heavy atom. The number of nitrogens with one attached hydrogen (secondary N) is 4. The number of hydrogen-bond donors (Lipinski definition) is 4. The molecule has 1 aliphatic rings. The van der Waals surface area contributed by atoms with E-state index < -0.39 is 0 Å². The zero-order valence-electron chi connectivity index (χ0n) is 13.8. The molecule has 1 amide bonds. The first-order valence-electron chi connectivity index (χ1n) is 8.20. The monoisotopic (exact) mass is 334 g/mol. The van der Waals surface area contributed by atoms with E-state index in [1.165, 1.54) is 24.8 Å². The van der Waals surface area contributed by atoms with Gasteiger partial charge in [-0.05, 0) is 50.0 Å². The highest BCUT2D eigenvalue weighted by Crippen LogP contribution is 2.23. The van der Waals surface area contributed by atoms with Gasteiger partial charge >= 0.3 is 0 Å². The summed E-state index contributed by atoms with van der Waals surface area (Å²) >= 11 is 5.24. The molecule has 2 atom stereocenters. The van der Waals surface area contributed by atoms with Crippen molar-refractivity contribution < 1.29 is 4.79 Å². The fourth-order valence-corrected chi connectivity index (χ4v) is 2.96. The van der Waals surface area contributed by atoms with Crippen molar-refractivity contribution in [3.63, 3.8) is 0 Å². The molecule has 1 fully saturated rings. The van der Waals surface area contributed by atoms with E-state index in [0.29, 0.717) is 17.1 Å². The van der Waals surface area contributed by atoms with Crippen LogP contribution in [0.3, 0.4) is 0 Å². The molecule has 1 aromatic rings. The van der Waals surface area contributed by atoms with Crippen molar-refractivity contribution in [2.75, 3.05) is 11.9 Å². The molecule has 0 saturated heterocycles. The molecule has 1 saturated carbocycles. The molecule has 0 aliphatic heterocycles. The van der Waals surface area contributed by atoms with Gasteiger partial charge in [0.05, 0.1) is 6.54 Å². The van der Waals surface area contributed by atoms with Gasteiger partial charge in [-0.3, -0.25) is 15.6 Å². The van der Waals surface area contributed by atoms with Crippen LogP contribution >= 0.6 is 12.2 Å². The molecule has 0 aromatic heterocycles. The van der Waals surface area contributed by atoms with Crippen molar-refractivity contribution in [1.29, 1.82) is 0 Å². The first-order chi connectivity index (χ1) is 11.0. The Bertz CT molecular complexity index is 532. The Morgan fingerprint density at radius 1 is 1.17 bits per heavy atom. The molecule has 0 unspecified atom stereocenters. The number of carbonyl (C=O) groups excluding carboxylic acids is 1. The van der Waals surface area contributed by atoms with Gasteiger partial charge in [0, 0.05) is 11.7 Å². The molecular formula is C17H26N4OS. The number of carbonyl (C=O) groups is 1. The normalized spacial score (nSPS) is 20.4. The van der Waals surface area contributed by atoms with Crippen molar-refractivity contribution in [2.45, 2.75) is 45.6 Å². The number of hydrogen-bond acceptors (Lipinski definition) is 3. The number of rotatable bonds is 4. The van der Waals surface area contributed by atoms with Crippen LogP contribution in [-0.4, -0.2) is 23.6 Å². The van der Waals surface area contributed by atoms with Gasteiger partial charge < -0.3 is 10.6 Å². The smallest absolute Gasteiger partial charge is 0.257 e. The summed E-state index contributed by atoms with van der Waals surface area (Å²) in [4.78, 5) is 11.8. The van der Waals surface area contributed by atoms with Gasteiger partial charge in [-0.25, -0.2) is 0 Å². The topological polar surface area (TPSA) is 65.2 Å². The maximum absolute atomic E-state index is 11.8. The van der Waals surface area contributed by atoms with Crippen LogP contribution in [0.1, 0.15) is 38.2 Å². The van der Waals surface area contributed by atoms with Crippen molar-refractivity contribution in [3.05, 3.63) is 29.8 Å². The lowest BCUT2D eigenvalue weighted by molar-refractivity contribution is -0.119.